The topological polar surface area (TPSA) is 21.8 Å². The molecule has 76 valence electrons. The number of aryl methyl sites for hydroxylation is 1. The second kappa shape index (κ2) is 4.47. The highest BCUT2D eigenvalue weighted by atomic mass is 16.6. The van der Waals surface area contributed by atoms with Crippen molar-refractivity contribution in [2.45, 2.75) is 25.4 Å². The van der Waals surface area contributed by atoms with Gasteiger partial charge in [0.2, 0.25) is 0 Å². The van der Waals surface area contributed by atoms with E-state index in [4.69, 9.17) is 9.47 Å². The first kappa shape index (κ1) is 9.53. The van der Waals surface area contributed by atoms with Crippen LogP contribution in [0.3, 0.4) is 0 Å². The highest BCUT2D eigenvalue weighted by Crippen LogP contribution is 2.22. The van der Waals surface area contributed by atoms with Crippen LogP contribution in [0.1, 0.15) is 18.4 Å². The van der Waals surface area contributed by atoms with E-state index in [1.807, 2.05) is 12.1 Å². The average molecular weight is 192 g/mol. The molecule has 0 aromatic heterocycles. The van der Waals surface area contributed by atoms with Crippen LogP contribution in [0, 0.1) is 0 Å². The van der Waals surface area contributed by atoms with Gasteiger partial charge in [-0.1, -0.05) is 18.2 Å². The first-order valence-electron chi connectivity index (χ1n) is 5.13. The summed E-state index contributed by atoms with van der Waals surface area (Å²) in [6.45, 7) is 0.964. The van der Waals surface area contributed by atoms with E-state index in [1.54, 1.807) is 7.11 Å². The largest absolute Gasteiger partial charge is 0.496 e. The molecule has 1 aromatic rings. The number of epoxide rings is 1. The lowest BCUT2D eigenvalue weighted by atomic mass is 10.1. The molecule has 14 heavy (non-hydrogen) atoms. The van der Waals surface area contributed by atoms with E-state index < -0.39 is 0 Å². The Labute approximate surface area is 84.8 Å². The van der Waals surface area contributed by atoms with Gasteiger partial charge >= 0.3 is 0 Å². The fourth-order valence-electron chi connectivity index (χ4n) is 1.66. The van der Waals surface area contributed by atoms with Gasteiger partial charge in [0.1, 0.15) is 5.75 Å². The summed E-state index contributed by atoms with van der Waals surface area (Å²) in [5.41, 5.74) is 1.30. The van der Waals surface area contributed by atoms with E-state index in [-0.39, 0.29) is 0 Å². The minimum absolute atomic E-state index is 0.546. The van der Waals surface area contributed by atoms with Crippen molar-refractivity contribution in [2.24, 2.45) is 0 Å². The zero-order valence-electron chi connectivity index (χ0n) is 8.53. The maximum atomic E-state index is 5.29. The second-order valence-corrected chi connectivity index (χ2v) is 3.66. The number of hydrogen-bond acceptors (Lipinski definition) is 2. The fourth-order valence-corrected chi connectivity index (χ4v) is 1.66. The predicted octanol–water partition coefficient (Wildman–Crippen LogP) is 2.42. The third kappa shape index (κ3) is 2.48. The minimum atomic E-state index is 0.546. The van der Waals surface area contributed by atoms with Crippen molar-refractivity contribution in [3.8, 4) is 5.75 Å². The number of benzene rings is 1. The molecule has 1 heterocycles. The Balaban J connectivity index is 1.86. The summed E-state index contributed by atoms with van der Waals surface area (Å²) >= 11 is 0. The van der Waals surface area contributed by atoms with Crippen molar-refractivity contribution in [3.05, 3.63) is 29.8 Å². The summed E-state index contributed by atoms with van der Waals surface area (Å²) in [4.78, 5) is 0. The minimum Gasteiger partial charge on any atom is -0.496 e. The molecule has 2 nitrogen and oxygen atoms in total. The molecule has 2 heteroatoms. The van der Waals surface area contributed by atoms with E-state index in [0.29, 0.717) is 6.10 Å². The van der Waals surface area contributed by atoms with Gasteiger partial charge in [0, 0.05) is 0 Å². The summed E-state index contributed by atoms with van der Waals surface area (Å²) in [7, 11) is 1.73. The standard InChI is InChI=1S/C12H16O2/c1-13-12-8-3-2-5-10(12)6-4-7-11-9-14-11/h2-3,5,8,11H,4,6-7,9H2,1H3. The molecule has 0 bridgehead atoms. The quantitative estimate of drug-likeness (QED) is 0.668. The molecule has 1 aliphatic rings. The summed E-state index contributed by atoms with van der Waals surface area (Å²) < 4.78 is 10.5. The summed E-state index contributed by atoms with van der Waals surface area (Å²) in [6.07, 6.45) is 4.00. The molecule has 1 fully saturated rings. The summed E-state index contributed by atoms with van der Waals surface area (Å²) in [6, 6.07) is 8.22. The lowest BCUT2D eigenvalue weighted by Crippen LogP contribution is -1.93. The van der Waals surface area contributed by atoms with Gasteiger partial charge in [-0.3, -0.25) is 0 Å². The van der Waals surface area contributed by atoms with E-state index in [1.165, 1.54) is 18.4 Å². The average Bonchev–Trinajstić information content (AvgIpc) is 3.03. The lowest BCUT2D eigenvalue weighted by molar-refractivity contribution is 0.388. The molecule has 1 saturated heterocycles. The highest BCUT2D eigenvalue weighted by Gasteiger charge is 2.21. The van der Waals surface area contributed by atoms with Gasteiger partial charge in [0.05, 0.1) is 19.8 Å². The Morgan fingerprint density at radius 2 is 2.21 bits per heavy atom. The molecule has 0 spiro atoms. The number of para-hydroxylation sites is 1. The van der Waals surface area contributed by atoms with Gasteiger partial charge in [-0.05, 0) is 30.9 Å². The number of rotatable bonds is 5. The fraction of sp³-hybridized carbons (Fsp3) is 0.500. The van der Waals surface area contributed by atoms with Crippen LogP contribution in [0.4, 0.5) is 0 Å². The molecule has 1 atom stereocenters. The summed E-state index contributed by atoms with van der Waals surface area (Å²) in [5, 5.41) is 0. The first-order valence-corrected chi connectivity index (χ1v) is 5.13. The van der Waals surface area contributed by atoms with E-state index >= 15 is 0 Å². The molecular formula is C12H16O2. The first-order chi connectivity index (χ1) is 6.90. The predicted molar refractivity (Wildman–Crippen MR) is 55.7 cm³/mol. The second-order valence-electron chi connectivity index (χ2n) is 3.66. The molecule has 0 N–H and O–H groups in total. The Morgan fingerprint density at radius 1 is 1.43 bits per heavy atom. The molecule has 1 unspecified atom stereocenters. The maximum Gasteiger partial charge on any atom is 0.122 e. The molecular weight excluding hydrogens is 176 g/mol. The Kier molecular flexibility index (Phi) is 3.04. The van der Waals surface area contributed by atoms with Crippen LogP contribution in [-0.4, -0.2) is 19.8 Å². The van der Waals surface area contributed by atoms with Crippen molar-refractivity contribution in [1.82, 2.24) is 0 Å². The maximum absolute atomic E-state index is 5.29. The van der Waals surface area contributed by atoms with Crippen molar-refractivity contribution >= 4 is 0 Å². The van der Waals surface area contributed by atoms with Crippen molar-refractivity contribution in [2.75, 3.05) is 13.7 Å². The number of hydrogen-bond donors (Lipinski definition) is 0. The van der Waals surface area contributed by atoms with Gasteiger partial charge in [0.15, 0.2) is 0 Å². The third-order valence-electron chi connectivity index (χ3n) is 2.57. The van der Waals surface area contributed by atoms with Crippen LogP contribution >= 0.6 is 0 Å². The van der Waals surface area contributed by atoms with E-state index in [9.17, 15) is 0 Å². The van der Waals surface area contributed by atoms with Gasteiger partial charge in [-0.2, -0.15) is 0 Å². The van der Waals surface area contributed by atoms with Crippen LogP contribution in [0.15, 0.2) is 24.3 Å². The van der Waals surface area contributed by atoms with Gasteiger partial charge in [-0.25, -0.2) is 0 Å². The lowest BCUT2D eigenvalue weighted by Gasteiger charge is -2.06. The van der Waals surface area contributed by atoms with Crippen LogP contribution < -0.4 is 4.74 Å². The van der Waals surface area contributed by atoms with Crippen molar-refractivity contribution < 1.29 is 9.47 Å². The molecule has 1 aliphatic heterocycles. The van der Waals surface area contributed by atoms with Crippen LogP contribution in [0.5, 0.6) is 5.75 Å². The molecule has 0 saturated carbocycles. The SMILES string of the molecule is COc1ccccc1CCCC1CO1. The molecule has 0 radical (unpaired) electrons. The van der Waals surface area contributed by atoms with Gasteiger partial charge < -0.3 is 9.47 Å². The monoisotopic (exact) mass is 192 g/mol. The molecule has 0 amide bonds. The summed E-state index contributed by atoms with van der Waals surface area (Å²) in [5.74, 6) is 1.00. The zero-order valence-corrected chi connectivity index (χ0v) is 8.53. The van der Waals surface area contributed by atoms with Gasteiger partial charge in [-0.15, -0.1) is 0 Å². The number of ether oxygens (including phenoxy) is 2. The van der Waals surface area contributed by atoms with Crippen LogP contribution in [-0.2, 0) is 11.2 Å². The molecule has 2 rings (SSSR count). The van der Waals surface area contributed by atoms with Crippen molar-refractivity contribution in [1.29, 1.82) is 0 Å². The third-order valence-corrected chi connectivity index (χ3v) is 2.57. The molecule has 1 aromatic carbocycles. The Morgan fingerprint density at radius 3 is 2.93 bits per heavy atom. The van der Waals surface area contributed by atoms with E-state index in [0.717, 1.165) is 18.8 Å². The smallest absolute Gasteiger partial charge is 0.122 e. The Hall–Kier alpha value is -1.02. The van der Waals surface area contributed by atoms with Crippen LogP contribution in [0.2, 0.25) is 0 Å². The van der Waals surface area contributed by atoms with Gasteiger partial charge in [0.25, 0.3) is 0 Å². The normalized spacial score (nSPS) is 19.4. The van der Waals surface area contributed by atoms with Crippen molar-refractivity contribution in [3.63, 3.8) is 0 Å². The zero-order chi connectivity index (χ0) is 9.80. The number of methoxy groups -OCH3 is 1. The highest BCUT2D eigenvalue weighted by molar-refractivity contribution is 5.33. The van der Waals surface area contributed by atoms with Crippen LogP contribution in [0.25, 0.3) is 0 Å². The Bertz CT molecular complexity index is 292. The molecule has 0 aliphatic carbocycles. The van der Waals surface area contributed by atoms with E-state index in [2.05, 4.69) is 12.1 Å².